The van der Waals surface area contributed by atoms with Crippen LogP contribution in [0.25, 0.3) is 0 Å². The summed E-state index contributed by atoms with van der Waals surface area (Å²) >= 11 is 0. The van der Waals surface area contributed by atoms with Crippen LogP contribution in [-0.4, -0.2) is 57.7 Å². The topological polar surface area (TPSA) is 85.2 Å². The van der Waals surface area contributed by atoms with Crippen LogP contribution >= 0.6 is 0 Å². The Morgan fingerprint density at radius 3 is 2.20 bits per heavy atom. The number of carboxylic acids is 1. The Morgan fingerprint density at radius 2 is 1.63 bits per heavy atom. The number of rotatable bonds is 21. The van der Waals surface area contributed by atoms with Crippen LogP contribution in [0.4, 0.5) is 13.2 Å². The Morgan fingerprint density at radius 1 is 1.00 bits per heavy atom. The first-order valence-electron chi connectivity index (χ1n) is 17.2. The summed E-state index contributed by atoms with van der Waals surface area (Å²) in [6, 6.07) is 10.6. The Hall–Kier alpha value is -1.93. The average Bonchev–Trinajstić information content (AvgIpc) is 3.33. The van der Waals surface area contributed by atoms with Crippen LogP contribution in [0.3, 0.4) is 0 Å². The minimum Gasteiger partial charge on any atom is -0.491 e. The third-order valence-electron chi connectivity index (χ3n) is 10.0. The Balaban J connectivity index is 2.40. The van der Waals surface area contributed by atoms with Gasteiger partial charge < -0.3 is 23.8 Å². The van der Waals surface area contributed by atoms with Crippen molar-refractivity contribution in [3.05, 3.63) is 54.1 Å². The maximum absolute atomic E-state index is 13.4. The van der Waals surface area contributed by atoms with Crippen LogP contribution in [0.15, 0.2) is 48.6 Å². The smallest absolute Gasteiger partial charge is 0.416 e. The first kappa shape index (κ1) is 40.2. The summed E-state index contributed by atoms with van der Waals surface area (Å²) in [6.45, 7) is 13.0. The van der Waals surface area contributed by atoms with Crippen LogP contribution in [0.2, 0.25) is 36.3 Å². The SMILES string of the molecule is CC[Si](CC)(CC)O[C@H](/C=C/[C@@H]1C(C/C=C\CCCC(=O)O)[C@@H](O)C[C@H]1O[Si](CC)(CC)CC)COc1cccc(C(F)(F)F)c1. The molecule has 1 aromatic carbocycles. The number of aliphatic carboxylic acids is 1. The van der Waals surface area contributed by atoms with Crippen molar-refractivity contribution in [3.63, 3.8) is 0 Å². The zero-order valence-electron chi connectivity index (χ0n) is 28.7. The van der Waals surface area contributed by atoms with Gasteiger partial charge in [0, 0.05) is 12.3 Å². The number of halogens is 3. The van der Waals surface area contributed by atoms with Crippen LogP contribution < -0.4 is 4.74 Å². The molecule has 2 N–H and O–H groups in total. The molecule has 0 aromatic heterocycles. The van der Waals surface area contributed by atoms with Gasteiger partial charge in [-0.15, -0.1) is 0 Å². The van der Waals surface area contributed by atoms with E-state index in [-0.39, 0.29) is 36.7 Å². The second kappa shape index (κ2) is 19.2. The van der Waals surface area contributed by atoms with Crippen molar-refractivity contribution in [2.75, 3.05) is 6.61 Å². The molecule has 0 saturated heterocycles. The Bertz CT molecular complexity index is 1090. The highest BCUT2D eigenvalue weighted by atomic mass is 28.4. The van der Waals surface area contributed by atoms with Crippen LogP contribution in [0.1, 0.15) is 79.2 Å². The van der Waals surface area contributed by atoms with Crippen molar-refractivity contribution in [1.29, 1.82) is 0 Å². The molecular formula is C35H57F3O6Si2. The van der Waals surface area contributed by atoms with E-state index < -0.39 is 46.6 Å². The highest BCUT2D eigenvalue weighted by Gasteiger charge is 2.45. The van der Waals surface area contributed by atoms with Gasteiger partial charge in [0.25, 0.3) is 0 Å². The van der Waals surface area contributed by atoms with Crippen molar-refractivity contribution >= 4 is 22.6 Å². The van der Waals surface area contributed by atoms with E-state index >= 15 is 0 Å². The molecule has 1 fully saturated rings. The molecule has 0 aliphatic heterocycles. The summed E-state index contributed by atoms with van der Waals surface area (Å²) in [5.74, 6) is -0.849. The molecule has 2 rings (SSSR count). The molecule has 1 unspecified atom stereocenters. The number of carboxylic acid groups (broad SMARTS) is 1. The Kier molecular flexibility index (Phi) is 16.8. The van der Waals surface area contributed by atoms with Crippen molar-refractivity contribution in [2.24, 2.45) is 11.8 Å². The molecule has 6 nitrogen and oxygen atoms in total. The maximum Gasteiger partial charge on any atom is 0.416 e. The lowest BCUT2D eigenvalue weighted by molar-refractivity contribution is -0.138. The lowest BCUT2D eigenvalue weighted by Gasteiger charge is -2.35. The summed E-state index contributed by atoms with van der Waals surface area (Å²) < 4.78 is 59.8. The van der Waals surface area contributed by atoms with Gasteiger partial charge in [-0.1, -0.05) is 71.9 Å². The highest BCUT2D eigenvalue weighted by molar-refractivity contribution is 6.74. The molecule has 0 bridgehead atoms. The lowest BCUT2D eigenvalue weighted by atomic mass is 9.89. The van der Waals surface area contributed by atoms with Gasteiger partial charge in [-0.3, -0.25) is 4.79 Å². The first-order valence-corrected chi connectivity index (χ1v) is 22.3. The molecule has 0 amide bonds. The number of unbranched alkanes of at least 4 members (excludes halogenated alkanes) is 1. The van der Waals surface area contributed by atoms with E-state index in [1.165, 1.54) is 12.1 Å². The molecule has 11 heteroatoms. The molecule has 5 atom stereocenters. The van der Waals surface area contributed by atoms with Gasteiger partial charge in [-0.25, -0.2) is 0 Å². The van der Waals surface area contributed by atoms with E-state index in [0.717, 1.165) is 48.4 Å². The second-order valence-corrected chi connectivity index (χ2v) is 22.0. The summed E-state index contributed by atoms with van der Waals surface area (Å²) in [6.07, 6.45) is 4.99. The van der Waals surface area contributed by atoms with Gasteiger partial charge in [0.2, 0.25) is 0 Å². The number of hydrogen-bond acceptors (Lipinski definition) is 5. The van der Waals surface area contributed by atoms with Crippen LogP contribution in [-0.2, 0) is 19.8 Å². The number of carbonyl (C=O) groups is 1. The zero-order chi connectivity index (χ0) is 34.4. The number of aliphatic hydroxyl groups excluding tert-OH is 1. The molecule has 1 aliphatic rings. The zero-order valence-corrected chi connectivity index (χ0v) is 30.7. The van der Waals surface area contributed by atoms with E-state index in [4.69, 9.17) is 18.7 Å². The fraction of sp³-hybridized carbons (Fsp3) is 0.686. The number of aliphatic hydroxyl groups is 1. The van der Waals surface area contributed by atoms with Crippen molar-refractivity contribution < 1.29 is 41.8 Å². The van der Waals surface area contributed by atoms with Crippen LogP contribution in [0, 0.1) is 11.8 Å². The molecule has 262 valence electrons. The number of allylic oxidation sites excluding steroid dienone is 2. The summed E-state index contributed by atoms with van der Waals surface area (Å²) in [5.41, 5.74) is -0.758. The van der Waals surface area contributed by atoms with E-state index in [1.54, 1.807) is 0 Å². The summed E-state index contributed by atoms with van der Waals surface area (Å²) in [4.78, 5) is 10.9. The fourth-order valence-electron chi connectivity index (χ4n) is 6.52. The third-order valence-corrected chi connectivity index (χ3v) is 19.4. The van der Waals surface area contributed by atoms with Crippen molar-refractivity contribution in [2.45, 2.75) is 134 Å². The van der Waals surface area contributed by atoms with Crippen molar-refractivity contribution in [1.82, 2.24) is 0 Å². The van der Waals surface area contributed by atoms with E-state index in [0.29, 0.717) is 25.7 Å². The molecule has 1 aliphatic carbocycles. The molecule has 1 saturated carbocycles. The van der Waals surface area contributed by atoms with Gasteiger partial charge >= 0.3 is 12.1 Å². The summed E-state index contributed by atoms with van der Waals surface area (Å²) in [5, 5.41) is 20.2. The van der Waals surface area contributed by atoms with Gasteiger partial charge in [0.1, 0.15) is 12.4 Å². The quantitative estimate of drug-likeness (QED) is 0.0761. The van der Waals surface area contributed by atoms with Crippen molar-refractivity contribution in [3.8, 4) is 5.75 Å². The molecule has 0 spiro atoms. The maximum atomic E-state index is 13.4. The lowest BCUT2D eigenvalue weighted by Crippen LogP contribution is -2.42. The molecule has 0 radical (unpaired) electrons. The monoisotopic (exact) mass is 686 g/mol. The molecular weight excluding hydrogens is 630 g/mol. The third kappa shape index (κ3) is 11.9. The second-order valence-electron chi connectivity index (χ2n) is 12.6. The molecule has 1 aromatic rings. The predicted molar refractivity (Wildman–Crippen MR) is 183 cm³/mol. The number of alkyl halides is 3. The largest absolute Gasteiger partial charge is 0.491 e. The van der Waals surface area contributed by atoms with Gasteiger partial charge in [-0.05, 0) is 86.1 Å². The molecule has 46 heavy (non-hydrogen) atoms. The molecule has 0 heterocycles. The van der Waals surface area contributed by atoms with E-state index in [9.17, 15) is 23.1 Å². The first-order chi connectivity index (χ1) is 21.8. The van der Waals surface area contributed by atoms with Gasteiger partial charge in [-0.2, -0.15) is 13.2 Å². The number of benzene rings is 1. The van der Waals surface area contributed by atoms with E-state index in [2.05, 4.69) is 47.6 Å². The van der Waals surface area contributed by atoms with Gasteiger partial charge in [0.05, 0.1) is 23.9 Å². The normalized spacial score (nSPS) is 21.8. The Labute approximate surface area is 276 Å². The summed E-state index contributed by atoms with van der Waals surface area (Å²) in [7, 11) is -4.11. The number of hydrogen-bond donors (Lipinski definition) is 2. The van der Waals surface area contributed by atoms with Gasteiger partial charge in [0.15, 0.2) is 16.6 Å². The van der Waals surface area contributed by atoms with Crippen LogP contribution in [0.5, 0.6) is 5.75 Å². The predicted octanol–water partition coefficient (Wildman–Crippen LogP) is 9.62. The number of ether oxygens (including phenoxy) is 1. The standard InChI is InChI=1S/C35H57F3O6Si2/c1-7-45(8-2,9-3)43-29(26-42-28-19-17-18-27(24-28)35(36,37)38)22-23-31-30(20-15-13-14-16-21-34(40)41)32(39)25-33(31)44-46(10-4,11-5)12-6/h13,15,17-19,22-24,29-33,39H,7-12,14,16,20-21,25-26H2,1-6H3,(H,40,41)/b15-13-,23-22+/t29-,30?,31-,32+,33-/m1/s1. The average molecular weight is 687 g/mol. The minimum absolute atomic E-state index is 0.0685. The minimum atomic E-state index is -4.46. The van der Waals surface area contributed by atoms with E-state index in [1.807, 2.05) is 18.2 Å². The fourth-order valence-corrected chi connectivity index (χ4v) is 12.2. The highest BCUT2D eigenvalue weighted by Crippen LogP contribution is 2.41.